The van der Waals surface area contributed by atoms with Crippen LogP contribution < -0.4 is 0 Å². The molecule has 0 atom stereocenters. The molecule has 72 valence electrons. The summed E-state index contributed by atoms with van der Waals surface area (Å²) in [5.74, 6) is 0. The van der Waals surface area contributed by atoms with Gasteiger partial charge in [-0.1, -0.05) is 39.3 Å². The van der Waals surface area contributed by atoms with E-state index in [-0.39, 0.29) is 0 Å². The van der Waals surface area contributed by atoms with Crippen LogP contribution in [0.1, 0.15) is 0 Å². The Morgan fingerprint density at radius 1 is 1.00 bits per heavy atom. The molecule has 0 aliphatic heterocycles. The highest BCUT2D eigenvalue weighted by Gasteiger charge is 2.35. The number of halogens is 1. The van der Waals surface area contributed by atoms with Crippen molar-refractivity contribution in [2.45, 2.75) is 44.2 Å². The Kier molecular flexibility index (Phi) is 5.24. The van der Waals surface area contributed by atoms with Crippen molar-refractivity contribution in [1.82, 2.24) is 0 Å². The van der Waals surface area contributed by atoms with E-state index in [1.54, 1.807) is 8.20 Å². The largest absolute Gasteiger partial charge is 0.101 e. The van der Waals surface area contributed by atoms with Gasteiger partial charge in [0.05, 0.1) is 16.1 Å². The number of rotatable bonds is 3. The normalized spacial score (nSPS) is 14.7. The minimum atomic E-state index is -0.930. The minimum absolute atomic E-state index is 0.930. The average molecular weight is 330 g/mol. The highest BCUT2D eigenvalue weighted by Crippen LogP contribution is 2.30. The van der Waals surface area contributed by atoms with Gasteiger partial charge in [-0.15, -0.1) is 8.20 Å². The van der Waals surface area contributed by atoms with Crippen LogP contribution in [0.15, 0.2) is 0 Å². The van der Waals surface area contributed by atoms with Crippen LogP contribution in [0.4, 0.5) is 0 Å². The van der Waals surface area contributed by atoms with Gasteiger partial charge < -0.3 is 0 Å². The molecule has 0 rings (SSSR count). The van der Waals surface area contributed by atoms with Crippen LogP contribution in [0.5, 0.6) is 0 Å². The van der Waals surface area contributed by atoms with Crippen LogP contribution >= 0.6 is 30.8 Å². The Hall–Kier alpha value is 1.33. The maximum atomic E-state index is 2.50. The summed E-state index contributed by atoms with van der Waals surface area (Å²) in [7, 11) is -0.275. The van der Waals surface area contributed by atoms with Gasteiger partial charge in [0, 0.05) is 0 Å². The lowest BCUT2D eigenvalue weighted by Crippen LogP contribution is -2.50. The van der Waals surface area contributed by atoms with Gasteiger partial charge in [-0.05, 0) is 31.3 Å². The number of hydrogen-bond acceptors (Lipinski definition) is 0. The third kappa shape index (κ3) is 4.54. The average Bonchev–Trinajstić information content (AvgIpc) is 1.77. The molecule has 0 nitrogen and oxygen atoms in total. The van der Waals surface area contributed by atoms with Crippen LogP contribution in [0.25, 0.3) is 0 Å². The van der Waals surface area contributed by atoms with Crippen molar-refractivity contribution in [1.29, 1.82) is 0 Å². The molecule has 0 aromatic heterocycles. The second kappa shape index (κ2) is 4.71. The summed E-state index contributed by atoms with van der Waals surface area (Å²) < 4.78 is 2.30. The molecule has 0 spiro atoms. The molecule has 0 aliphatic carbocycles. The van der Waals surface area contributed by atoms with Gasteiger partial charge >= 0.3 is 0 Å². The van der Waals surface area contributed by atoms with Gasteiger partial charge in [0.2, 0.25) is 0 Å². The van der Waals surface area contributed by atoms with Crippen LogP contribution in [-0.2, 0) is 0 Å². The SMILES string of the molecule is C[Si](C)(C)C(P=CI)[Si](C)(C)C. The maximum Gasteiger partial charge on any atom is 0.0536 e. The van der Waals surface area contributed by atoms with E-state index >= 15 is 0 Å². The topological polar surface area (TPSA) is 0 Å². The zero-order chi connectivity index (χ0) is 9.99. The first-order valence-electron chi connectivity index (χ1n) is 4.31. The van der Waals surface area contributed by atoms with Gasteiger partial charge in [-0.3, -0.25) is 0 Å². The van der Waals surface area contributed by atoms with Crippen LogP contribution in [0, 0.1) is 0 Å². The van der Waals surface area contributed by atoms with Gasteiger partial charge in [0.25, 0.3) is 0 Å². The summed E-state index contributed by atoms with van der Waals surface area (Å²) in [5, 5.41) is 0. The summed E-state index contributed by atoms with van der Waals surface area (Å²) in [6.07, 6.45) is 0. The van der Waals surface area contributed by atoms with E-state index in [2.05, 4.69) is 65.7 Å². The zero-order valence-electron chi connectivity index (χ0n) is 8.98. The van der Waals surface area contributed by atoms with Gasteiger partial charge in [0.1, 0.15) is 0 Å². The quantitative estimate of drug-likeness (QED) is 0.412. The molecule has 0 saturated heterocycles. The lowest BCUT2D eigenvalue weighted by atomic mass is 11.7. The molecule has 0 unspecified atom stereocenters. The van der Waals surface area contributed by atoms with Crippen molar-refractivity contribution in [2.24, 2.45) is 0 Å². The van der Waals surface area contributed by atoms with Crippen molar-refractivity contribution in [3.8, 4) is 0 Å². The van der Waals surface area contributed by atoms with Crippen molar-refractivity contribution in [3.63, 3.8) is 0 Å². The van der Waals surface area contributed by atoms with Crippen molar-refractivity contribution >= 4 is 50.7 Å². The zero-order valence-corrected chi connectivity index (χ0v) is 14.0. The van der Waals surface area contributed by atoms with E-state index in [0.717, 1.165) is 4.91 Å². The summed E-state index contributed by atoms with van der Waals surface area (Å²) in [5.41, 5.74) is 0. The first-order chi connectivity index (χ1) is 5.19. The molecule has 0 aromatic rings. The minimum Gasteiger partial charge on any atom is -0.101 e. The Bertz CT molecular complexity index is 153. The highest BCUT2D eigenvalue weighted by molar-refractivity contribution is 14.1. The highest BCUT2D eigenvalue weighted by atomic mass is 127. The van der Waals surface area contributed by atoms with E-state index in [1.807, 2.05) is 0 Å². The molecule has 0 saturated carbocycles. The fourth-order valence-corrected chi connectivity index (χ4v) is 19.1. The lowest BCUT2D eigenvalue weighted by Gasteiger charge is -2.35. The molecule has 0 fully saturated rings. The van der Waals surface area contributed by atoms with E-state index in [4.69, 9.17) is 0 Å². The van der Waals surface area contributed by atoms with Crippen LogP contribution in [0.2, 0.25) is 39.3 Å². The monoisotopic (exact) mass is 330 g/mol. The molecule has 4 heteroatoms. The van der Waals surface area contributed by atoms with E-state index in [9.17, 15) is 0 Å². The molecule has 12 heavy (non-hydrogen) atoms. The molecular weight excluding hydrogens is 310 g/mol. The third-order valence-electron chi connectivity index (χ3n) is 1.85. The Labute approximate surface area is 94.5 Å². The molecule has 0 amide bonds. The molecule has 0 bridgehead atoms. The molecule has 0 aliphatic rings. The van der Waals surface area contributed by atoms with Crippen molar-refractivity contribution < 1.29 is 0 Å². The maximum absolute atomic E-state index is 2.50. The second-order valence-electron chi connectivity index (χ2n) is 5.38. The van der Waals surface area contributed by atoms with Crippen molar-refractivity contribution in [3.05, 3.63) is 0 Å². The molecule has 0 N–H and O–H groups in total. The van der Waals surface area contributed by atoms with Crippen LogP contribution in [0.3, 0.4) is 0 Å². The number of hydrogen-bond donors (Lipinski definition) is 0. The Morgan fingerprint density at radius 3 is 1.42 bits per heavy atom. The first-order valence-corrected chi connectivity index (χ1v) is 13.7. The summed E-state index contributed by atoms with van der Waals surface area (Å²) in [6.45, 7) is 15.0. The summed E-state index contributed by atoms with van der Waals surface area (Å²) >= 11 is 2.39. The third-order valence-corrected chi connectivity index (χ3v) is 17.2. The fraction of sp³-hybridized carbons (Fsp3) is 0.875. The van der Waals surface area contributed by atoms with Gasteiger partial charge in [-0.2, -0.15) is 0 Å². The van der Waals surface area contributed by atoms with E-state index in [1.165, 1.54) is 0 Å². The smallest absolute Gasteiger partial charge is 0.0536 e. The molecule has 0 heterocycles. The predicted octanol–water partition coefficient (Wildman–Crippen LogP) is 4.25. The van der Waals surface area contributed by atoms with E-state index < -0.39 is 16.1 Å². The Morgan fingerprint density at radius 2 is 1.33 bits per heavy atom. The summed E-state index contributed by atoms with van der Waals surface area (Å²) in [4.78, 5) is 1.02. The molecule has 0 radical (unpaired) electrons. The Balaban J connectivity index is 4.69. The fourth-order valence-electron chi connectivity index (χ4n) is 1.80. The molecular formula is C8H20IPSi2. The van der Waals surface area contributed by atoms with E-state index in [0.29, 0.717) is 0 Å². The van der Waals surface area contributed by atoms with Crippen molar-refractivity contribution in [2.75, 3.05) is 0 Å². The molecule has 0 aromatic carbocycles. The first kappa shape index (κ1) is 13.3. The second-order valence-corrected chi connectivity index (χ2v) is 20.2. The summed E-state index contributed by atoms with van der Waals surface area (Å²) in [6, 6.07) is 0. The predicted molar refractivity (Wildman–Crippen MR) is 77.5 cm³/mol. The van der Waals surface area contributed by atoms with Gasteiger partial charge in [0.15, 0.2) is 0 Å². The lowest BCUT2D eigenvalue weighted by molar-refractivity contribution is 1.47. The van der Waals surface area contributed by atoms with Gasteiger partial charge in [-0.25, -0.2) is 0 Å². The van der Waals surface area contributed by atoms with Crippen LogP contribution in [-0.4, -0.2) is 24.9 Å². The standard InChI is InChI=1S/C8H20IPSi2/c1-11(2,3)8(10-7-9)12(4,5)6/h7-8H,1-6H3.